The molecule has 2 fully saturated rings. The molecule has 8 heteroatoms. The minimum atomic E-state index is -0.475. The Morgan fingerprint density at radius 2 is 2.11 bits per heavy atom. The van der Waals surface area contributed by atoms with Gasteiger partial charge in [-0.2, -0.15) is 0 Å². The molecule has 2 aliphatic heterocycles. The van der Waals surface area contributed by atoms with Crippen molar-refractivity contribution in [2.24, 2.45) is 11.3 Å². The van der Waals surface area contributed by atoms with E-state index in [1.807, 2.05) is 6.07 Å². The van der Waals surface area contributed by atoms with Crippen LogP contribution in [-0.4, -0.2) is 50.9 Å². The predicted octanol–water partition coefficient (Wildman–Crippen LogP) is 4.67. The number of methoxy groups -OCH3 is 2. The first-order valence-electron chi connectivity index (χ1n) is 13.3. The highest BCUT2D eigenvalue weighted by atomic mass is 32.1. The van der Waals surface area contributed by atoms with Crippen LogP contribution in [-0.2, 0) is 33.8 Å². The second-order valence-corrected chi connectivity index (χ2v) is 11.6. The molecular weight excluding hydrogens is 498 g/mol. The van der Waals surface area contributed by atoms with Gasteiger partial charge in [-0.05, 0) is 73.5 Å². The van der Waals surface area contributed by atoms with Gasteiger partial charge in [0.05, 0.1) is 30.9 Å². The smallest absolute Gasteiger partial charge is 0.314 e. The van der Waals surface area contributed by atoms with Crippen molar-refractivity contribution in [3.8, 4) is 17.0 Å². The Hall–Kier alpha value is -2.94. The third kappa shape index (κ3) is 4.19. The number of piperidine rings is 1. The third-order valence-corrected chi connectivity index (χ3v) is 9.52. The Labute approximate surface area is 228 Å². The maximum absolute atomic E-state index is 12.7. The molecular formula is C30H35N3O4S. The van der Waals surface area contributed by atoms with Gasteiger partial charge in [0.25, 0.3) is 0 Å². The molecule has 0 bridgehead atoms. The standard InChI is InChI=1S/C30H35N3O4S/c1-18-5-8-26(37-15-21-7-6-20-13-31-10-9-23(20)19(21)2)24(11-18)25-17-38-29(32-25)33-14-22-12-30(22,28(34)36-4)27(33)16-35-3/h5-8,11,17,22,27,31H,9-10,12-16H2,1-4H3/t22-,27+,30+/m0/s1. The lowest BCUT2D eigenvalue weighted by atomic mass is 9.93. The number of hydrogen-bond acceptors (Lipinski definition) is 8. The van der Waals surface area contributed by atoms with Crippen molar-refractivity contribution in [3.05, 3.63) is 63.5 Å². The highest BCUT2D eigenvalue weighted by Crippen LogP contribution is 2.63. The van der Waals surface area contributed by atoms with E-state index in [9.17, 15) is 4.79 Å². The molecule has 2 aromatic carbocycles. The number of ether oxygens (including phenoxy) is 3. The maximum atomic E-state index is 12.7. The Morgan fingerprint density at radius 3 is 2.92 bits per heavy atom. The molecule has 38 heavy (non-hydrogen) atoms. The van der Waals surface area contributed by atoms with E-state index in [1.165, 1.54) is 29.4 Å². The van der Waals surface area contributed by atoms with Crippen molar-refractivity contribution in [2.75, 3.05) is 38.8 Å². The number of anilines is 1. The van der Waals surface area contributed by atoms with Crippen LogP contribution in [0.5, 0.6) is 5.75 Å². The molecule has 6 rings (SSSR count). The molecule has 0 spiro atoms. The number of fused-ring (bicyclic) bond motifs is 2. The zero-order valence-electron chi connectivity index (χ0n) is 22.5. The molecule has 0 radical (unpaired) electrons. The van der Waals surface area contributed by atoms with Crippen LogP contribution in [0.15, 0.2) is 35.7 Å². The van der Waals surface area contributed by atoms with E-state index in [-0.39, 0.29) is 17.9 Å². The average Bonchev–Trinajstić information content (AvgIpc) is 3.29. The molecule has 1 saturated carbocycles. The fourth-order valence-corrected chi connectivity index (χ4v) is 7.31. The Bertz CT molecular complexity index is 1370. The van der Waals surface area contributed by atoms with Crippen LogP contribution in [0.4, 0.5) is 5.13 Å². The molecule has 1 aliphatic carbocycles. The third-order valence-electron chi connectivity index (χ3n) is 8.64. The highest BCUT2D eigenvalue weighted by molar-refractivity contribution is 7.14. The number of esters is 1. The van der Waals surface area contributed by atoms with Gasteiger partial charge in [0, 0.05) is 31.1 Å². The Morgan fingerprint density at radius 1 is 1.24 bits per heavy atom. The number of nitrogens with one attached hydrogen (secondary N) is 1. The molecule has 1 saturated heterocycles. The molecule has 0 unspecified atom stereocenters. The van der Waals surface area contributed by atoms with Gasteiger partial charge >= 0.3 is 5.97 Å². The van der Waals surface area contributed by atoms with Crippen molar-refractivity contribution in [1.29, 1.82) is 0 Å². The van der Waals surface area contributed by atoms with Crippen molar-refractivity contribution >= 4 is 22.4 Å². The summed E-state index contributed by atoms with van der Waals surface area (Å²) in [4.78, 5) is 20.0. The number of aryl methyl sites for hydroxylation is 1. The van der Waals surface area contributed by atoms with Gasteiger partial charge in [0.2, 0.25) is 0 Å². The van der Waals surface area contributed by atoms with Gasteiger partial charge in [0.1, 0.15) is 12.4 Å². The lowest BCUT2D eigenvalue weighted by Crippen LogP contribution is -2.44. The first-order valence-corrected chi connectivity index (χ1v) is 14.2. The monoisotopic (exact) mass is 533 g/mol. The molecule has 3 aliphatic rings. The van der Waals surface area contributed by atoms with E-state index in [4.69, 9.17) is 19.2 Å². The molecule has 3 heterocycles. The Balaban J connectivity index is 1.25. The predicted molar refractivity (Wildman–Crippen MR) is 149 cm³/mol. The van der Waals surface area contributed by atoms with E-state index in [1.54, 1.807) is 18.4 Å². The zero-order chi connectivity index (χ0) is 26.4. The number of aromatic nitrogens is 1. The first-order chi connectivity index (χ1) is 18.5. The summed E-state index contributed by atoms with van der Waals surface area (Å²) in [6, 6.07) is 10.6. The SMILES string of the molecule is COC[C@H]1N(c2nc(-c3cc(C)ccc3OCc3ccc4c(c3C)CCNC4)cs2)C[C@@H]2C[C@@]21C(=O)OC. The molecule has 1 N–H and O–H groups in total. The summed E-state index contributed by atoms with van der Waals surface area (Å²) in [5, 5.41) is 6.45. The fraction of sp³-hybridized carbons (Fsp3) is 0.467. The van der Waals surface area contributed by atoms with Gasteiger partial charge < -0.3 is 24.4 Å². The van der Waals surface area contributed by atoms with E-state index >= 15 is 0 Å². The topological polar surface area (TPSA) is 72.9 Å². The molecule has 3 aromatic rings. The minimum Gasteiger partial charge on any atom is -0.488 e. The quantitative estimate of drug-likeness (QED) is 0.422. The van der Waals surface area contributed by atoms with Gasteiger partial charge in [-0.3, -0.25) is 4.79 Å². The second kappa shape index (κ2) is 9.98. The zero-order valence-corrected chi connectivity index (χ0v) is 23.3. The van der Waals surface area contributed by atoms with Crippen LogP contribution in [0, 0.1) is 25.2 Å². The lowest BCUT2D eigenvalue weighted by molar-refractivity contribution is -0.148. The van der Waals surface area contributed by atoms with Gasteiger partial charge in [-0.1, -0.05) is 23.8 Å². The van der Waals surface area contributed by atoms with E-state index in [0.29, 0.717) is 13.2 Å². The first kappa shape index (κ1) is 25.3. The van der Waals surface area contributed by atoms with Crippen LogP contribution < -0.4 is 15.0 Å². The number of thiazole rings is 1. The number of carbonyl (C=O) groups excluding carboxylic acids is 1. The van der Waals surface area contributed by atoms with Crippen molar-refractivity contribution in [2.45, 2.75) is 45.9 Å². The van der Waals surface area contributed by atoms with Crippen LogP contribution in [0.2, 0.25) is 0 Å². The second-order valence-electron chi connectivity index (χ2n) is 10.8. The number of nitrogens with zero attached hydrogens (tertiary/aromatic N) is 2. The van der Waals surface area contributed by atoms with Gasteiger partial charge in [-0.15, -0.1) is 11.3 Å². The summed E-state index contributed by atoms with van der Waals surface area (Å²) in [7, 11) is 3.16. The van der Waals surface area contributed by atoms with Crippen molar-refractivity contribution in [3.63, 3.8) is 0 Å². The van der Waals surface area contributed by atoms with Crippen molar-refractivity contribution in [1.82, 2.24) is 10.3 Å². The Kier molecular flexibility index (Phi) is 6.66. The van der Waals surface area contributed by atoms with E-state index in [0.717, 1.165) is 60.2 Å². The molecule has 200 valence electrons. The number of carbonyl (C=O) groups is 1. The minimum absolute atomic E-state index is 0.0700. The van der Waals surface area contributed by atoms with E-state index in [2.05, 4.69) is 53.7 Å². The summed E-state index contributed by atoms with van der Waals surface area (Å²) >= 11 is 1.60. The average molecular weight is 534 g/mol. The van der Waals surface area contributed by atoms with Crippen LogP contribution in [0.1, 0.15) is 34.2 Å². The summed E-state index contributed by atoms with van der Waals surface area (Å²) in [5.41, 5.74) is 7.97. The number of benzene rings is 2. The number of rotatable bonds is 8. The van der Waals surface area contributed by atoms with Crippen molar-refractivity contribution < 1.29 is 19.0 Å². The van der Waals surface area contributed by atoms with Crippen LogP contribution >= 0.6 is 11.3 Å². The highest BCUT2D eigenvalue weighted by Gasteiger charge is 2.71. The summed E-state index contributed by atoms with van der Waals surface area (Å²) < 4.78 is 17.2. The lowest BCUT2D eigenvalue weighted by Gasteiger charge is -2.30. The molecule has 3 atom stereocenters. The summed E-state index contributed by atoms with van der Waals surface area (Å²) in [6.45, 7) is 8.04. The largest absolute Gasteiger partial charge is 0.488 e. The molecule has 1 aromatic heterocycles. The molecule has 7 nitrogen and oxygen atoms in total. The van der Waals surface area contributed by atoms with Gasteiger partial charge in [0.15, 0.2) is 5.13 Å². The number of hydrogen-bond donors (Lipinski definition) is 1. The summed E-state index contributed by atoms with van der Waals surface area (Å²) in [5.74, 6) is 0.984. The van der Waals surface area contributed by atoms with Crippen LogP contribution in [0.3, 0.4) is 0 Å². The summed E-state index contributed by atoms with van der Waals surface area (Å²) in [6.07, 6.45) is 1.92. The van der Waals surface area contributed by atoms with Crippen LogP contribution in [0.25, 0.3) is 11.3 Å². The maximum Gasteiger partial charge on any atom is 0.314 e. The normalized spacial score (nSPS) is 23.6. The van der Waals surface area contributed by atoms with Gasteiger partial charge in [-0.25, -0.2) is 4.98 Å². The molecule has 0 amide bonds. The fourth-order valence-electron chi connectivity index (χ4n) is 6.42. The van der Waals surface area contributed by atoms with E-state index < -0.39 is 5.41 Å².